The molecule has 0 saturated heterocycles. The van der Waals surface area contributed by atoms with Crippen LogP contribution in [0.3, 0.4) is 0 Å². The first-order chi connectivity index (χ1) is 22.3. The van der Waals surface area contributed by atoms with E-state index < -0.39 is 23.4 Å². The number of aromatic carboxylic acids is 1. The maximum absolute atomic E-state index is 15.4. The molecule has 0 aliphatic heterocycles. The van der Waals surface area contributed by atoms with E-state index in [1.54, 1.807) is 16.7 Å². The molecule has 3 aromatic carbocycles. The summed E-state index contributed by atoms with van der Waals surface area (Å²) in [7, 11) is 1.52. The molecule has 240 valence electrons. The molecule has 2 heterocycles. The van der Waals surface area contributed by atoms with Gasteiger partial charge in [0.15, 0.2) is 0 Å². The SMILES string of the molecule is CC.CC.COCCn1c(Cc2cc(F)c(-c3cccc(OCc4ccc(C#N)cc4F)n3)cc2F)nc2ccc(C(=O)O)cc21. The van der Waals surface area contributed by atoms with Gasteiger partial charge in [0.1, 0.15) is 29.9 Å². The molecule has 1 N–H and O–H groups in total. The molecule has 5 aromatic rings. The predicted octanol–water partition coefficient (Wildman–Crippen LogP) is 7.95. The van der Waals surface area contributed by atoms with Gasteiger partial charge in [-0.3, -0.25) is 0 Å². The van der Waals surface area contributed by atoms with Gasteiger partial charge in [-0.2, -0.15) is 5.26 Å². The Bertz CT molecular complexity index is 1850. The quantitative estimate of drug-likeness (QED) is 0.166. The molecule has 0 unspecified atom stereocenters. The Morgan fingerprint density at radius 1 is 0.913 bits per heavy atom. The van der Waals surface area contributed by atoms with E-state index in [1.165, 1.54) is 43.5 Å². The molecule has 0 spiro atoms. The third-order valence-corrected chi connectivity index (χ3v) is 6.64. The van der Waals surface area contributed by atoms with E-state index in [0.29, 0.717) is 30.0 Å². The Hall–Kier alpha value is -5.21. The number of carboxylic acids is 1. The van der Waals surface area contributed by atoms with E-state index in [0.717, 1.165) is 18.2 Å². The van der Waals surface area contributed by atoms with E-state index in [4.69, 9.17) is 14.7 Å². The number of methoxy groups -OCH3 is 1. The number of imidazole rings is 1. The number of hydrogen-bond donors (Lipinski definition) is 1. The number of halogens is 3. The highest BCUT2D eigenvalue weighted by Gasteiger charge is 2.18. The summed E-state index contributed by atoms with van der Waals surface area (Å²) in [5, 5.41) is 18.3. The maximum atomic E-state index is 15.4. The summed E-state index contributed by atoms with van der Waals surface area (Å²) in [6, 6.07) is 17.0. The van der Waals surface area contributed by atoms with Gasteiger partial charge < -0.3 is 19.1 Å². The number of rotatable bonds is 10. The van der Waals surface area contributed by atoms with Crippen molar-refractivity contribution in [1.82, 2.24) is 14.5 Å². The molecule has 0 amide bonds. The van der Waals surface area contributed by atoms with Crippen molar-refractivity contribution in [3.05, 3.63) is 112 Å². The number of nitriles is 1. The van der Waals surface area contributed by atoms with Gasteiger partial charge in [-0.25, -0.2) is 27.9 Å². The number of pyridine rings is 1. The highest BCUT2D eigenvalue weighted by molar-refractivity contribution is 5.92. The third-order valence-electron chi connectivity index (χ3n) is 6.64. The lowest BCUT2D eigenvalue weighted by Crippen LogP contribution is -2.10. The van der Waals surface area contributed by atoms with Crippen LogP contribution in [-0.2, 0) is 24.3 Å². The van der Waals surface area contributed by atoms with E-state index in [-0.39, 0.29) is 52.4 Å². The molecule has 8 nitrogen and oxygen atoms in total. The van der Waals surface area contributed by atoms with Gasteiger partial charge in [-0.1, -0.05) is 39.8 Å². The third kappa shape index (κ3) is 8.28. The maximum Gasteiger partial charge on any atom is 0.335 e. The van der Waals surface area contributed by atoms with Crippen LogP contribution in [-0.4, -0.2) is 39.3 Å². The second-order valence-electron chi connectivity index (χ2n) is 9.35. The van der Waals surface area contributed by atoms with Crippen molar-refractivity contribution in [3.63, 3.8) is 0 Å². The molecular formula is C35H35F3N4O4. The van der Waals surface area contributed by atoms with Crippen LogP contribution >= 0.6 is 0 Å². The normalized spacial score (nSPS) is 10.3. The zero-order chi connectivity index (χ0) is 33.8. The van der Waals surface area contributed by atoms with Gasteiger partial charge in [0, 0.05) is 37.3 Å². The Morgan fingerprint density at radius 3 is 2.33 bits per heavy atom. The lowest BCUT2D eigenvalue weighted by atomic mass is 10.0. The van der Waals surface area contributed by atoms with Crippen molar-refractivity contribution in [2.75, 3.05) is 13.7 Å². The molecule has 2 aromatic heterocycles. The number of ether oxygens (including phenoxy) is 2. The molecule has 0 fully saturated rings. The molecule has 0 radical (unpaired) electrons. The minimum atomic E-state index is -1.09. The minimum absolute atomic E-state index is 0.0485. The number of aromatic nitrogens is 3. The Labute approximate surface area is 265 Å². The van der Waals surface area contributed by atoms with Gasteiger partial charge in [0.05, 0.1) is 40.5 Å². The van der Waals surface area contributed by atoms with Crippen LogP contribution in [0.25, 0.3) is 22.3 Å². The zero-order valence-corrected chi connectivity index (χ0v) is 26.3. The van der Waals surface area contributed by atoms with Crippen LogP contribution < -0.4 is 4.74 Å². The average molecular weight is 633 g/mol. The number of carboxylic acid groups (broad SMARTS) is 1. The van der Waals surface area contributed by atoms with E-state index >= 15 is 8.78 Å². The van der Waals surface area contributed by atoms with Crippen LogP contribution in [0.5, 0.6) is 5.88 Å². The fourth-order valence-corrected chi connectivity index (χ4v) is 4.49. The second kappa shape index (κ2) is 16.7. The molecule has 0 saturated carbocycles. The number of fused-ring (bicyclic) bond motifs is 1. The lowest BCUT2D eigenvalue weighted by Gasteiger charge is -2.12. The summed E-state index contributed by atoms with van der Waals surface area (Å²) in [4.78, 5) is 20.3. The Balaban J connectivity index is 0.00000139. The average Bonchev–Trinajstić information content (AvgIpc) is 3.42. The topological polar surface area (TPSA) is 110 Å². The van der Waals surface area contributed by atoms with Gasteiger partial charge in [-0.05, 0) is 54.1 Å². The molecule has 0 atom stereocenters. The molecule has 0 aliphatic rings. The van der Waals surface area contributed by atoms with Crippen molar-refractivity contribution in [2.45, 2.75) is 47.3 Å². The second-order valence-corrected chi connectivity index (χ2v) is 9.35. The van der Waals surface area contributed by atoms with Crippen LogP contribution in [0.4, 0.5) is 13.2 Å². The van der Waals surface area contributed by atoms with E-state index in [2.05, 4.69) is 9.97 Å². The van der Waals surface area contributed by atoms with Crippen LogP contribution in [0.1, 0.15) is 60.6 Å². The molecule has 11 heteroatoms. The van der Waals surface area contributed by atoms with E-state index in [1.807, 2.05) is 33.8 Å². The summed E-state index contributed by atoms with van der Waals surface area (Å²) in [6.45, 7) is 8.45. The van der Waals surface area contributed by atoms with Gasteiger partial charge in [0.2, 0.25) is 5.88 Å². The fourth-order valence-electron chi connectivity index (χ4n) is 4.49. The standard InChI is InChI=1S/C31H23F3N4O4.2C2H6/c1-41-10-9-38-28-13-19(31(39)40)7-8-27(28)36-29(38)14-21-12-25(34)22(15-24(21)33)26-3-2-4-30(37-26)42-17-20-6-5-18(16-35)11-23(20)32;2*1-2/h2-8,11-13,15H,9-10,14,17H2,1H3,(H,39,40);2*1-2H3. The van der Waals surface area contributed by atoms with Crippen molar-refractivity contribution in [1.29, 1.82) is 5.26 Å². The van der Waals surface area contributed by atoms with Crippen molar-refractivity contribution in [2.24, 2.45) is 0 Å². The summed E-state index contributed by atoms with van der Waals surface area (Å²) in [6.07, 6.45) is -0.0590. The smallest absolute Gasteiger partial charge is 0.335 e. The fraction of sp³-hybridized carbons (Fsp3) is 0.257. The Morgan fingerprint density at radius 2 is 1.65 bits per heavy atom. The monoisotopic (exact) mass is 632 g/mol. The molecule has 0 bridgehead atoms. The van der Waals surface area contributed by atoms with E-state index in [9.17, 15) is 14.3 Å². The number of hydrogen-bond acceptors (Lipinski definition) is 6. The highest BCUT2D eigenvalue weighted by atomic mass is 19.1. The molecular weight excluding hydrogens is 597 g/mol. The lowest BCUT2D eigenvalue weighted by molar-refractivity contribution is 0.0697. The number of nitrogens with zero attached hydrogens (tertiary/aromatic N) is 4. The molecule has 0 aliphatic carbocycles. The van der Waals surface area contributed by atoms with Crippen molar-refractivity contribution >= 4 is 17.0 Å². The molecule has 5 rings (SSSR count). The zero-order valence-electron chi connectivity index (χ0n) is 26.3. The van der Waals surface area contributed by atoms with Crippen LogP contribution in [0.2, 0.25) is 0 Å². The summed E-state index contributed by atoms with van der Waals surface area (Å²) >= 11 is 0. The van der Waals surface area contributed by atoms with Gasteiger partial charge >= 0.3 is 5.97 Å². The molecule has 46 heavy (non-hydrogen) atoms. The first-order valence-corrected chi connectivity index (χ1v) is 14.8. The minimum Gasteiger partial charge on any atom is -0.478 e. The van der Waals surface area contributed by atoms with Gasteiger partial charge in [0.25, 0.3) is 0 Å². The van der Waals surface area contributed by atoms with Crippen molar-refractivity contribution in [3.8, 4) is 23.2 Å². The highest BCUT2D eigenvalue weighted by Crippen LogP contribution is 2.28. The Kier molecular flexibility index (Phi) is 12.8. The predicted molar refractivity (Wildman–Crippen MR) is 169 cm³/mol. The first kappa shape index (κ1) is 35.3. The van der Waals surface area contributed by atoms with Gasteiger partial charge in [-0.15, -0.1) is 0 Å². The summed E-state index contributed by atoms with van der Waals surface area (Å²) < 4.78 is 57.4. The number of benzene rings is 3. The number of carbonyl (C=O) groups is 1. The first-order valence-electron chi connectivity index (χ1n) is 14.8. The summed E-state index contributed by atoms with van der Waals surface area (Å²) in [5.74, 6) is -2.61. The van der Waals surface area contributed by atoms with Crippen molar-refractivity contribution < 1.29 is 32.5 Å². The van der Waals surface area contributed by atoms with Crippen LogP contribution in [0, 0.1) is 28.8 Å². The summed E-state index contributed by atoms with van der Waals surface area (Å²) in [5.41, 5.74) is 1.60. The van der Waals surface area contributed by atoms with Crippen LogP contribution in [0.15, 0.2) is 66.7 Å². The largest absolute Gasteiger partial charge is 0.478 e.